The van der Waals surface area contributed by atoms with Gasteiger partial charge in [0.2, 0.25) is 0 Å². The van der Waals surface area contributed by atoms with E-state index in [9.17, 15) is 4.79 Å². The van der Waals surface area contributed by atoms with Crippen molar-refractivity contribution >= 4 is 29.1 Å². The van der Waals surface area contributed by atoms with Gasteiger partial charge in [0.1, 0.15) is 5.75 Å². The average molecular weight is 392 g/mol. The average Bonchev–Trinajstić information content (AvgIpc) is 2.66. The Morgan fingerprint density at radius 3 is 2.55 bits per heavy atom. The van der Waals surface area contributed by atoms with Gasteiger partial charge in [0.05, 0.1) is 23.9 Å². The largest absolute Gasteiger partial charge is 0.496 e. The first-order valence-electron chi connectivity index (χ1n) is 9.75. The van der Waals surface area contributed by atoms with Gasteiger partial charge in [0.15, 0.2) is 0 Å². The molecule has 0 atom stereocenters. The minimum Gasteiger partial charge on any atom is -0.496 e. The number of benzene rings is 2. The molecule has 0 saturated carbocycles. The quantitative estimate of drug-likeness (QED) is 0.685. The highest BCUT2D eigenvalue weighted by atomic mass is 16.5. The summed E-state index contributed by atoms with van der Waals surface area (Å²) in [5, 5.41) is 9.13. The first kappa shape index (κ1) is 20.6. The van der Waals surface area contributed by atoms with Crippen LogP contribution in [0.3, 0.4) is 0 Å². The van der Waals surface area contributed by atoms with Crippen LogP contribution in [-0.4, -0.2) is 36.5 Å². The third-order valence-electron chi connectivity index (χ3n) is 5.43. The molecule has 0 saturated heterocycles. The van der Waals surface area contributed by atoms with E-state index in [1.807, 2.05) is 6.92 Å². The summed E-state index contributed by atoms with van der Waals surface area (Å²) in [4.78, 5) is 18.1. The fourth-order valence-corrected chi connectivity index (χ4v) is 4.05. The molecule has 0 bridgehead atoms. The van der Waals surface area contributed by atoms with Crippen molar-refractivity contribution in [2.75, 3.05) is 18.6 Å². The lowest BCUT2D eigenvalue weighted by molar-refractivity contribution is 0.0697. The van der Waals surface area contributed by atoms with Crippen LogP contribution in [-0.2, 0) is 0 Å². The summed E-state index contributed by atoms with van der Waals surface area (Å²) in [5.41, 5.74) is 6.20. The summed E-state index contributed by atoms with van der Waals surface area (Å²) in [5.74, 6) is -0.179. The number of allylic oxidation sites excluding steroid dienone is 1. The first-order chi connectivity index (χ1) is 13.7. The molecule has 0 spiro atoms. The van der Waals surface area contributed by atoms with Gasteiger partial charge in [-0.25, -0.2) is 4.79 Å². The second-order valence-electron chi connectivity index (χ2n) is 7.90. The number of ether oxygens (including phenoxy) is 1. The fourth-order valence-electron chi connectivity index (χ4n) is 4.05. The van der Waals surface area contributed by atoms with Gasteiger partial charge in [-0.15, -0.1) is 0 Å². The lowest BCUT2D eigenvalue weighted by Gasteiger charge is -2.43. The molecule has 2 aromatic rings. The number of nitrogens with zero attached hydrogens (tertiary/aromatic N) is 2. The lowest BCUT2D eigenvalue weighted by atomic mass is 9.88. The number of aliphatic imine (C=N–C) groups is 1. The van der Waals surface area contributed by atoms with Crippen LogP contribution in [0.2, 0.25) is 0 Å². The summed E-state index contributed by atoms with van der Waals surface area (Å²) in [6, 6.07) is 9.13. The Labute approximate surface area is 172 Å². The van der Waals surface area contributed by atoms with Crippen LogP contribution in [0.1, 0.15) is 54.7 Å². The number of hydrogen-bond donors (Lipinski definition) is 1. The molecule has 0 aromatic heterocycles. The van der Waals surface area contributed by atoms with E-state index in [1.165, 1.54) is 11.1 Å². The number of hydrogen-bond acceptors (Lipinski definition) is 4. The zero-order valence-electron chi connectivity index (χ0n) is 17.9. The van der Waals surface area contributed by atoms with Gasteiger partial charge in [-0.05, 0) is 70.0 Å². The van der Waals surface area contributed by atoms with E-state index >= 15 is 0 Å². The van der Waals surface area contributed by atoms with Crippen molar-refractivity contribution in [3.05, 3.63) is 58.7 Å². The molecule has 0 amide bonds. The Hall–Kier alpha value is -3.08. The number of carboxylic acids is 1. The number of aryl methyl sites for hydroxylation is 1. The number of carbonyl (C=O) groups is 1. The maximum Gasteiger partial charge on any atom is 0.335 e. The first-order valence-corrected chi connectivity index (χ1v) is 9.75. The Morgan fingerprint density at radius 1 is 1.24 bits per heavy atom. The Morgan fingerprint density at radius 2 is 1.97 bits per heavy atom. The summed E-state index contributed by atoms with van der Waals surface area (Å²) < 4.78 is 5.66. The molecule has 5 heteroatoms. The van der Waals surface area contributed by atoms with Crippen molar-refractivity contribution in [1.82, 2.24) is 0 Å². The van der Waals surface area contributed by atoms with Crippen molar-refractivity contribution in [3.63, 3.8) is 0 Å². The van der Waals surface area contributed by atoms with E-state index in [0.29, 0.717) is 0 Å². The van der Waals surface area contributed by atoms with Gasteiger partial charge in [-0.2, -0.15) is 0 Å². The molecule has 1 aliphatic rings. The third-order valence-corrected chi connectivity index (χ3v) is 5.43. The molecule has 0 radical (unpaired) electrons. The minimum atomic E-state index is -0.939. The topological polar surface area (TPSA) is 62.1 Å². The normalized spacial score (nSPS) is 15.2. The van der Waals surface area contributed by atoms with Gasteiger partial charge in [-0.1, -0.05) is 6.08 Å². The van der Waals surface area contributed by atoms with E-state index in [2.05, 4.69) is 55.8 Å². The lowest BCUT2D eigenvalue weighted by Crippen LogP contribution is -2.44. The number of likely N-dealkylation sites (N-methyl/N-ethyl adjacent to an activating group) is 1. The molecule has 1 heterocycles. The number of rotatable bonds is 5. The number of carboxylic acid groups (broad SMARTS) is 1. The van der Waals surface area contributed by atoms with Crippen molar-refractivity contribution in [1.29, 1.82) is 0 Å². The number of aromatic carboxylic acids is 1. The zero-order chi connectivity index (χ0) is 21.3. The summed E-state index contributed by atoms with van der Waals surface area (Å²) in [6.07, 6.45) is 4.08. The molecule has 5 nitrogen and oxygen atoms in total. The van der Waals surface area contributed by atoms with Crippen molar-refractivity contribution in [2.45, 2.75) is 40.2 Å². The van der Waals surface area contributed by atoms with Crippen LogP contribution in [0.4, 0.5) is 11.4 Å². The molecule has 29 heavy (non-hydrogen) atoms. The van der Waals surface area contributed by atoms with Gasteiger partial charge >= 0.3 is 5.97 Å². The predicted molar refractivity (Wildman–Crippen MR) is 119 cm³/mol. The van der Waals surface area contributed by atoms with Crippen molar-refractivity contribution in [2.24, 2.45) is 4.99 Å². The Kier molecular flexibility index (Phi) is 5.51. The number of fused-ring (bicyclic) bond motifs is 1. The molecular formula is C24H28N2O3. The van der Waals surface area contributed by atoms with Crippen LogP contribution in [0.5, 0.6) is 5.75 Å². The molecule has 0 aliphatic carbocycles. The second kappa shape index (κ2) is 7.74. The smallest absolute Gasteiger partial charge is 0.335 e. The van der Waals surface area contributed by atoms with E-state index in [4.69, 9.17) is 9.84 Å². The van der Waals surface area contributed by atoms with E-state index in [1.54, 1.807) is 31.5 Å². The fraction of sp³-hybridized carbons (Fsp3) is 0.333. The Balaban J connectivity index is 2.05. The van der Waals surface area contributed by atoms with Gasteiger partial charge in [-0.3, -0.25) is 4.99 Å². The number of methoxy groups -OCH3 is 1. The summed E-state index contributed by atoms with van der Waals surface area (Å²) in [7, 11) is 1.67. The highest BCUT2D eigenvalue weighted by Gasteiger charge is 2.31. The molecule has 1 aliphatic heterocycles. The van der Waals surface area contributed by atoms with Crippen molar-refractivity contribution in [3.8, 4) is 5.75 Å². The SMILES string of the molecule is CCN1c2cc(OC)c(C=Nc3ccc(C(=O)O)cc3C)cc2C(C)=CC1(C)C. The number of anilines is 1. The summed E-state index contributed by atoms with van der Waals surface area (Å²) >= 11 is 0. The molecule has 152 valence electrons. The standard InChI is InChI=1S/C24H28N2O3/c1-7-26-21-12-22(29-6)18(11-19(21)16(3)13-24(26,4)5)14-25-20-9-8-17(23(27)28)10-15(20)2/h8-14H,7H2,1-6H3,(H,27,28). The maximum absolute atomic E-state index is 11.1. The molecule has 2 aromatic carbocycles. The molecule has 1 N–H and O–H groups in total. The van der Waals surface area contributed by atoms with Crippen LogP contribution in [0.15, 0.2) is 41.4 Å². The van der Waals surface area contributed by atoms with Crippen LogP contribution in [0, 0.1) is 6.92 Å². The monoisotopic (exact) mass is 392 g/mol. The van der Waals surface area contributed by atoms with Gasteiger partial charge < -0.3 is 14.7 Å². The highest BCUT2D eigenvalue weighted by Crippen LogP contribution is 2.41. The molecule has 0 unspecified atom stereocenters. The minimum absolute atomic E-state index is 0.0601. The maximum atomic E-state index is 11.1. The van der Waals surface area contributed by atoms with Crippen LogP contribution < -0.4 is 9.64 Å². The summed E-state index contributed by atoms with van der Waals surface area (Å²) in [6.45, 7) is 11.5. The van der Waals surface area contributed by atoms with E-state index < -0.39 is 5.97 Å². The van der Waals surface area contributed by atoms with E-state index in [0.717, 1.165) is 34.8 Å². The molecular weight excluding hydrogens is 364 g/mol. The zero-order valence-corrected chi connectivity index (χ0v) is 17.9. The highest BCUT2D eigenvalue weighted by molar-refractivity contribution is 5.92. The van der Waals surface area contributed by atoms with Crippen molar-refractivity contribution < 1.29 is 14.6 Å². The van der Waals surface area contributed by atoms with Gasteiger partial charge in [0.25, 0.3) is 0 Å². The second-order valence-corrected chi connectivity index (χ2v) is 7.90. The molecule has 3 rings (SSSR count). The van der Waals surface area contributed by atoms with Crippen LogP contribution in [0.25, 0.3) is 5.57 Å². The van der Waals surface area contributed by atoms with Gasteiger partial charge in [0, 0.05) is 35.6 Å². The Bertz CT molecular complexity index is 1020. The van der Waals surface area contributed by atoms with E-state index in [-0.39, 0.29) is 11.1 Å². The third kappa shape index (κ3) is 3.90. The molecule has 0 fully saturated rings. The van der Waals surface area contributed by atoms with Crippen LogP contribution >= 0.6 is 0 Å². The predicted octanol–water partition coefficient (Wildman–Crippen LogP) is 5.47.